The molecule has 0 atom stereocenters. The van der Waals surface area contributed by atoms with E-state index in [1.165, 1.54) is 6.42 Å². The van der Waals surface area contributed by atoms with Gasteiger partial charge in [0, 0.05) is 24.2 Å². The maximum absolute atomic E-state index is 12.5. The molecule has 5 heteroatoms. The van der Waals surface area contributed by atoms with Gasteiger partial charge in [-0.05, 0) is 31.9 Å². The number of carbonyl (C=O) groups is 2. The van der Waals surface area contributed by atoms with E-state index in [2.05, 4.69) is 4.98 Å². The summed E-state index contributed by atoms with van der Waals surface area (Å²) in [4.78, 5) is 31.0. The Morgan fingerprint density at radius 2 is 1.92 bits per heavy atom. The van der Waals surface area contributed by atoms with E-state index < -0.39 is 5.97 Å². The van der Waals surface area contributed by atoms with Crippen LogP contribution in [0.2, 0.25) is 0 Å². The molecule has 0 unspecified atom stereocenters. The van der Waals surface area contributed by atoms with E-state index in [9.17, 15) is 9.59 Å². The molecule has 1 fully saturated rings. The molecule has 1 aromatic carbocycles. The second-order valence-corrected chi connectivity index (χ2v) is 6.70. The Morgan fingerprint density at radius 3 is 2.68 bits per heavy atom. The number of nitrogens with zero attached hydrogens (tertiary/aromatic N) is 2. The number of carbonyl (C=O) groups excluding carboxylic acids is 2. The third-order valence-electron chi connectivity index (χ3n) is 4.91. The van der Waals surface area contributed by atoms with E-state index in [-0.39, 0.29) is 18.6 Å². The van der Waals surface area contributed by atoms with E-state index in [0.29, 0.717) is 5.56 Å². The van der Waals surface area contributed by atoms with Crippen molar-refractivity contribution in [2.45, 2.75) is 45.1 Å². The van der Waals surface area contributed by atoms with E-state index in [0.717, 1.165) is 42.3 Å². The molecule has 3 rings (SSSR count). The minimum absolute atomic E-state index is 0.143. The smallest absolute Gasteiger partial charge is 0.339 e. The van der Waals surface area contributed by atoms with Crippen LogP contribution < -0.4 is 0 Å². The lowest BCUT2D eigenvalue weighted by Gasteiger charge is -2.31. The molecule has 5 nitrogen and oxygen atoms in total. The third-order valence-corrected chi connectivity index (χ3v) is 4.91. The lowest BCUT2D eigenvalue weighted by Crippen LogP contribution is -2.40. The van der Waals surface area contributed by atoms with Gasteiger partial charge in [-0.2, -0.15) is 0 Å². The molecule has 0 bridgehead atoms. The molecule has 1 saturated carbocycles. The number of esters is 1. The zero-order valence-electron chi connectivity index (χ0n) is 14.8. The molecule has 1 aliphatic carbocycles. The summed E-state index contributed by atoms with van der Waals surface area (Å²) in [7, 11) is 1.80. The predicted molar refractivity (Wildman–Crippen MR) is 96.4 cm³/mol. The van der Waals surface area contributed by atoms with Gasteiger partial charge in [0.15, 0.2) is 6.61 Å². The predicted octanol–water partition coefficient (Wildman–Crippen LogP) is 3.49. The highest BCUT2D eigenvalue weighted by atomic mass is 16.5. The third kappa shape index (κ3) is 3.98. The molecule has 25 heavy (non-hydrogen) atoms. The summed E-state index contributed by atoms with van der Waals surface area (Å²) in [6, 6.07) is 9.42. The van der Waals surface area contributed by atoms with E-state index >= 15 is 0 Å². The zero-order valence-corrected chi connectivity index (χ0v) is 14.8. The minimum atomic E-state index is -0.480. The molecule has 1 heterocycles. The molecule has 0 spiro atoms. The number of fused-ring (bicyclic) bond motifs is 1. The number of ether oxygens (including phenoxy) is 1. The number of hydrogen-bond donors (Lipinski definition) is 0. The van der Waals surface area contributed by atoms with E-state index in [4.69, 9.17) is 4.74 Å². The first-order valence-electron chi connectivity index (χ1n) is 8.85. The highest BCUT2D eigenvalue weighted by Gasteiger charge is 2.23. The Kier molecular flexibility index (Phi) is 5.31. The Labute approximate surface area is 148 Å². The van der Waals surface area contributed by atoms with Crippen LogP contribution in [0.15, 0.2) is 30.3 Å². The first kappa shape index (κ1) is 17.4. The van der Waals surface area contributed by atoms with Crippen molar-refractivity contribution in [2.75, 3.05) is 13.7 Å². The van der Waals surface area contributed by atoms with Crippen LogP contribution in [0.25, 0.3) is 10.9 Å². The first-order chi connectivity index (χ1) is 12.1. The van der Waals surface area contributed by atoms with Crippen LogP contribution in [0.5, 0.6) is 0 Å². The van der Waals surface area contributed by atoms with Crippen LogP contribution in [0, 0.1) is 6.92 Å². The summed E-state index contributed by atoms with van der Waals surface area (Å²) in [5.41, 5.74) is 1.95. The van der Waals surface area contributed by atoms with E-state index in [1.807, 2.05) is 31.2 Å². The summed E-state index contributed by atoms with van der Waals surface area (Å²) in [5.74, 6) is -0.623. The summed E-state index contributed by atoms with van der Waals surface area (Å²) in [6.45, 7) is 1.62. The first-order valence-corrected chi connectivity index (χ1v) is 8.85. The molecular weight excluding hydrogens is 316 g/mol. The van der Waals surface area contributed by atoms with Crippen molar-refractivity contribution < 1.29 is 14.3 Å². The monoisotopic (exact) mass is 340 g/mol. The fraction of sp³-hybridized carbons (Fsp3) is 0.450. The van der Waals surface area contributed by atoms with E-state index in [1.54, 1.807) is 18.0 Å². The second-order valence-electron chi connectivity index (χ2n) is 6.70. The molecule has 0 radical (unpaired) electrons. The van der Waals surface area contributed by atoms with Gasteiger partial charge in [0.05, 0.1) is 11.1 Å². The SMILES string of the molecule is Cc1cc(C(=O)OCC(=O)N(C)C2CCCCC2)c2ccccc2n1. The normalized spacial score (nSPS) is 15.1. The number of pyridine rings is 1. The van der Waals surface area contributed by atoms with Crippen LogP contribution in [0.4, 0.5) is 0 Å². The molecule has 1 aromatic heterocycles. The van der Waals surface area contributed by atoms with Crippen molar-refractivity contribution in [3.8, 4) is 0 Å². The van der Waals surface area contributed by atoms with Crippen LogP contribution >= 0.6 is 0 Å². The number of para-hydroxylation sites is 1. The number of aryl methyl sites for hydroxylation is 1. The number of amides is 1. The zero-order chi connectivity index (χ0) is 17.8. The van der Waals surface area contributed by atoms with Gasteiger partial charge in [0.1, 0.15) is 0 Å². The van der Waals surface area contributed by atoms with Crippen LogP contribution in [0.1, 0.15) is 48.2 Å². The van der Waals surface area contributed by atoms with Crippen LogP contribution in [-0.2, 0) is 9.53 Å². The van der Waals surface area contributed by atoms with Crippen molar-refractivity contribution in [1.82, 2.24) is 9.88 Å². The van der Waals surface area contributed by atoms with Gasteiger partial charge in [0.25, 0.3) is 5.91 Å². The van der Waals surface area contributed by atoms with Gasteiger partial charge in [-0.1, -0.05) is 37.5 Å². The molecule has 1 aliphatic rings. The molecule has 0 saturated heterocycles. The molecule has 132 valence electrons. The lowest BCUT2D eigenvalue weighted by atomic mass is 9.94. The summed E-state index contributed by atoms with van der Waals surface area (Å²) >= 11 is 0. The average Bonchev–Trinajstić information content (AvgIpc) is 2.65. The Balaban J connectivity index is 1.67. The van der Waals surface area contributed by atoms with Gasteiger partial charge in [0.2, 0.25) is 0 Å². The largest absolute Gasteiger partial charge is 0.452 e. The minimum Gasteiger partial charge on any atom is -0.452 e. The van der Waals surface area contributed by atoms with Gasteiger partial charge in [-0.25, -0.2) is 4.79 Å². The maximum atomic E-state index is 12.5. The van der Waals surface area contributed by atoms with Gasteiger partial charge >= 0.3 is 5.97 Å². The highest BCUT2D eigenvalue weighted by Crippen LogP contribution is 2.22. The molecule has 1 amide bonds. The topological polar surface area (TPSA) is 59.5 Å². The summed E-state index contributed by atoms with van der Waals surface area (Å²) < 4.78 is 5.31. The molecular formula is C20H24N2O3. The maximum Gasteiger partial charge on any atom is 0.339 e. The number of aromatic nitrogens is 1. The molecule has 0 N–H and O–H groups in total. The fourth-order valence-electron chi connectivity index (χ4n) is 3.46. The van der Waals surface area contributed by atoms with Crippen LogP contribution in [-0.4, -0.2) is 41.5 Å². The van der Waals surface area contributed by atoms with Crippen molar-refractivity contribution in [1.29, 1.82) is 0 Å². The summed E-state index contributed by atoms with van der Waals surface area (Å²) in [6.07, 6.45) is 5.62. The van der Waals surface area contributed by atoms with Crippen molar-refractivity contribution >= 4 is 22.8 Å². The Morgan fingerprint density at radius 1 is 1.20 bits per heavy atom. The van der Waals surface area contributed by atoms with Crippen molar-refractivity contribution in [3.63, 3.8) is 0 Å². The van der Waals surface area contributed by atoms with Gasteiger partial charge < -0.3 is 9.64 Å². The molecule has 2 aromatic rings. The second kappa shape index (κ2) is 7.64. The Hall–Kier alpha value is -2.43. The standard InChI is InChI=1S/C20H24N2O3/c1-14-12-17(16-10-6-7-11-18(16)21-14)20(24)25-13-19(23)22(2)15-8-4-3-5-9-15/h6-7,10-12,15H,3-5,8-9,13H2,1-2H3. The molecule has 0 aliphatic heterocycles. The number of benzene rings is 1. The fourth-order valence-corrected chi connectivity index (χ4v) is 3.46. The van der Waals surface area contributed by atoms with Gasteiger partial charge in [-0.3, -0.25) is 9.78 Å². The Bertz CT molecular complexity index is 782. The summed E-state index contributed by atoms with van der Waals surface area (Å²) in [5, 5.41) is 0.742. The van der Waals surface area contributed by atoms with Crippen LogP contribution in [0.3, 0.4) is 0 Å². The van der Waals surface area contributed by atoms with Gasteiger partial charge in [-0.15, -0.1) is 0 Å². The number of hydrogen-bond acceptors (Lipinski definition) is 4. The quantitative estimate of drug-likeness (QED) is 0.800. The number of likely N-dealkylation sites (N-methyl/N-ethyl adjacent to an activating group) is 1. The number of rotatable bonds is 4. The average molecular weight is 340 g/mol. The van der Waals surface area contributed by atoms with Crippen molar-refractivity contribution in [2.24, 2.45) is 0 Å². The van der Waals surface area contributed by atoms with Crippen molar-refractivity contribution in [3.05, 3.63) is 41.6 Å². The lowest BCUT2D eigenvalue weighted by molar-refractivity contribution is -0.135. The highest BCUT2D eigenvalue weighted by molar-refractivity contribution is 6.04.